The third-order valence-corrected chi connectivity index (χ3v) is 4.66. The molecule has 2 N–H and O–H groups in total. The average molecular weight is 349 g/mol. The van der Waals surface area contributed by atoms with Crippen molar-refractivity contribution in [1.29, 1.82) is 0 Å². The van der Waals surface area contributed by atoms with Gasteiger partial charge in [0, 0.05) is 42.0 Å². The van der Waals surface area contributed by atoms with E-state index in [0.717, 1.165) is 27.7 Å². The van der Waals surface area contributed by atoms with Gasteiger partial charge in [-0.25, -0.2) is 0 Å². The summed E-state index contributed by atoms with van der Waals surface area (Å²) in [5.41, 5.74) is 4.72. The molecule has 0 saturated heterocycles. The van der Waals surface area contributed by atoms with Gasteiger partial charge in [-0.05, 0) is 55.3 Å². The highest BCUT2D eigenvalue weighted by atomic mass is 16.1. The minimum Gasteiger partial charge on any atom is -0.378 e. The summed E-state index contributed by atoms with van der Waals surface area (Å²) in [6.07, 6.45) is 0.693. The highest BCUT2D eigenvalue weighted by Crippen LogP contribution is 2.22. The number of anilines is 2. The highest BCUT2D eigenvalue weighted by Gasteiger charge is 2.10. The number of hydrogen-bond donors (Lipinski definition) is 2. The molecule has 0 unspecified atom stereocenters. The average Bonchev–Trinajstić information content (AvgIpc) is 2.62. The monoisotopic (exact) mass is 349 g/mol. The summed E-state index contributed by atoms with van der Waals surface area (Å²) in [5.74, 6) is -0.182. The number of carbonyl (C=O) groups is 1. The van der Waals surface area contributed by atoms with Gasteiger partial charge in [0.15, 0.2) is 0 Å². The molecule has 0 bridgehead atoms. The number of aromatic amines is 1. The second-order valence-electron chi connectivity index (χ2n) is 6.57. The summed E-state index contributed by atoms with van der Waals surface area (Å²) in [5, 5.41) is 3.89. The Labute approximate surface area is 152 Å². The first-order valence-electron chi connectivity index (χ1n) is 8.65. The number of fused-ring (bicyclic) bond motifs is 1. The molecule has 0 spiro atoms. The molecule has 0 radical (unpaired) electrons. The number of nitrogens with one attached hydrogen (secondary N) is 2. The molecule has 0 aliphatic carbocycles. The fourth-order valence-corrected chi connectivity index (χ4v) is 3.12. The van der Waals surface area contributed by atoms with Crippen molar-refractivity contribution in [2.24, 2.45) is 0 Å². The Morgan fingerprint density at radius 2 is 1.81 bits per heavy atom. The van der Waals surface area contributed by atoms with Crippen LogP contribution in [0.25, 0.3) is 10.9 Å². The summed E-state index contributed by atoms with van der Waals surface area (Å²) < 4.78 is 0. The van der Waals surface area contributed by atoms with Crippen molar-refractivity contribution in [2.45, 2.75) is 20.3 Å². The number of carbonyl (C=O) groups excluding carboxylic acids is 1. The van der Waals surface area contributed by atoms with E-state index in [9.17, 15) is 9.59 Å². The van der Waals surface area contributed by atoms with Crippen LogP contribution in [0.15, 0.2) is 47.3 Å². The number of pyridine rings is 1. The standard InChI is InChI=1S/C21H23N3O2/c1-5-17-13(2)18-11-8-15(12-19(18)23-21(17)26)22-20(25)14-6-9-16(10-7-14)24(3)4/h6-12H,5H2,1-4H3,(H,22,25)(H,23,26). The Kier molecular flexibility index (Phi) is 4.80. The maximum atomic E-state index is 12.5. The van der Waals surface area contributed by atoms with Crippen molar-refractivity contribution in [3.63, 3.8) is 0 Å². The molecule has 0 fully saturated rings. The number of nitrogens with zero attached hydrogens (tertiary/aromatic N) is 1. The van der Waals surface area contributed by atoms with Gasteiger partial charge < -0.3 is 15.2 Å². The number of H-pyrrole nitrogens is 1. The van der Waals surface area contributed by atoms with Crippen LogP contribution in [0.2, 0.25) is 0 Å². The first-order chi connectivity index (χ1) is 12.4. The Morgan fingerprint density at radius 1 is 1.12 bits per heavy atom. The van der Waals surface area contributed by atoms with E-state index in [1.807, 2.05) is 57.1 Å². The van der Waals surface area contributed by atoms with Crippen molar-refractivity contribution < 1.29 is 4.79 Å². The lowest BCUT2D eigenvalue weighted by Crippen LogP contribution is -2.15. The fraction of sp³-hybridized carbons (Fsp3) is 0.238. The summed E-state index contributed by atoms with van der Waals surface area (Å²) in [4.78, 5) is 29.5. The van der Waals surface area contributed by atoms with E-state index in [1.54, 1.807) is 18.2 Å². The lowest BCUT2D eigenvalue weighted by Gasteiger charge is -2.13. The quantitative estimate of drug-likeness (QED) is 0.754. The largest absolute Gasteiger partial charge is 0.378 e. The molecule has 5 nitrogen and oxygen atoms in total. The smallest absolute Gasteiger partial charge is 0.255 e. The lowest BCUT2D eigenvalue weighted by atomic mass is 10.0. The first kappa shape index (κ1) is 17.7. The number of aryl methyl sites for hydroxylation is 1. The molecular formula is C21H23N3O2. The molecule has 1 amide bonds. The van der Waals surface area contributed by atoms with E-state index in [4.69, 9.17) is 0 Å². The van der Waals surface area contributed by atoms with Gasteiger partial charge in [-0.2, -0.15) is 0 Å². The molecule has 5 heteroatoms. The van der Waals surface area contributed by atoms with E-state index in [-0.39, 0.29) is 11.5 Å². The molecule has 0 aliphatic heterocycles. The molecule has 0 aliphatic rings. The number of amides is 1. The van der Waals surface area contributed by atoms with E-state index < -0.39 is 0 Å². The van der Waals surface area contributed by atoms with Gasteiger partial charge in [0.2, 0.25) is 0 Å². The maximum absolute atomic E-state index is 12.5. The molecule has 0 saturated carbocycles. The Balaban J connectivity index is 1.89. The minimum absolute atomic E-state index is 0.0692. The van der Waals surface area contributed by atoms with Crippen LogP contribution in [0.1, 0.15) is 28.4 Å². The lowest BCUT2D eigenvalue weighted by molar-refractivity contribution is 0.102. The number of rotatable bonds is 4. The molecule has 3 aromatic rings. The van der Waals surface area contributed by atoms with Gasteiger partial charge in [0.05, 0.1) is 5.52 Å². The first-order valence-corrected chi connectivity index (χ1v) is 8.65. The molecule has 0 atom stereocenters. The Bertz CT molecular complexity index is 1020. The summed E-state index contributed by atoms with van der Waals surface area (Å²) >= 11 is 0. The summed E-state index contributed by atoms with van der Waals surface area (Å²) in [6.45, 7) is 3.93. The van der Waals surface area contributed by atoms with Gasteiger partial charge in [0.25, 0.3) is 11.5 Å². The normalized spacial score (nSPS) is 10.8. The number of hydrogen-bond acceptors (Lipinski definition) is 3. The molecule has 1 heterocycles. The summed E-state index contributed by atoms with van der Waals surface area (Å²) in [7, 11) is 3.91. The van der Waals surface area contributed by atoms with Gasteiger partial charge in [-0.3, -0.25) is 9.59 Å². The van der Waals surface area contributed by atoms with Gasteiger partial charge in [-0.15, -0.1) is 0 Å². The van der Waals surface area contributed by atoms with Crippen LogP contribution in [-0.2, 0) is 6.42 Å². The number of aromatic nitrogens is 1. The van der Waals surface area contributed by atoms with Crippen molar-refractivity contribution in [3.05, 3.63) is 69.5 Å². The molecule has 1 aromatic heterocycles. The van der Waals surface area contributed by atoms with E-state index >= 15 is 0 Å². The molecular weight excluding hydrogens is 326 g/mol. The topological polar surface area (TPSA) is 65.2 Å². The third kappa shape index (κ3) is 3.33. The maximum Gasteiger partial charge on any atom is 0.255 e. The van der Waals surface area contributed by atoms with Crippen molar-refractivity contribution in [1.82, 2.24) is 4.98 Å². The molecule has 134 valence electrons. The summed E-state index contributed by atoms with van der Waals surface area (Å²) in [6, 6.07) is 13.0. The SMILES string of the molecule is CCc1c(C)c2ccc(NC(=O)c3ccc(N(C)C)cc3)cc2[nH]c1=O. The van der Waals surface area contributed by atoms with Crippen molar-refractivity contribution >= 4 is 28.2 Å². The van der Waals surface area contributed by atoms with Crippen molar-refractivity contribution in [2.75, 3.05) is 24.3 Å². The van der Waals surface area contributed by atoms with Crippen LogP contribution in [0.5, 0.6) is 0 Å². The Morgan fingerprint density at radius 3 is 2.42 bits per heavy atom. The molecule has 26 heavy (non-hydrogen) atoms. The van der Waals surface area contributed by atoms with Crippen LogP contribution in [0.4, 0.5) is 11.4 Å². The predicted molar refractivity (Wildman–Crippen MR) is 107 cm³/mol. The predicted octanol–water partition coefficient (Wildman–Crippen LogP) is 3.72. The molecule has 3 rings (SSSR count). The van der Waals surface area contributed by atoms with Crippen LogP contribution in [0, 0.1) is 6.92 Å². The molecule has 2 aromatic carbocycles. The fourth-order valence-electron chi connectivity index (χ4n) is 3.12. The van der Waals surface area contributed by atoms with Crippen molar-refractivity contribution in [3.8, 4) is 0 Å². The van der Waals surface area contributed by atoms with E-state index in [0.29, 0.717) is 17.7 Å². The van der Waals surface area contributed by atoms with Crippen LogP contribution in [-0.4, -0.2) is 25.0 Å². The third-order valence-electron chi connectivity index (χ3n) is 4.66. The van der Waals surface area contributed by atoms with E-state index in [2.05, 4.69) is 10.3 Å². The second-order valence-corrected chi connectivity index (χ2v) is 6.57. The van der Waals surface area contributed by atoms with E-state index in [1.165, 1.54) is 0 Å². The zero-order valence-electron chi connectivity index (χ0n) is 15.5. The zero-order valence-corrected chi connectivity index (χ0v) is 15.5. The second kappa shape index (κ2) is 7.04. The van der Waals surface area contributed by atoms with Gasteiger partial charge >= 0.3 is 0 Å². The van der Waals surface area contributed by atoms with Gasteiger partial charge in [0.1, 0.15) is 0 Å². The Hall–Kier alpha value is -3.08. The zero-order chi connectivity index (χ0) is 18.8. The number of benzene rings is 2. The van der Waals surface area contributed by atoms with Crippen LogP contribution >= 0.6 is 0 Å². The van der Waals surface area contributed by atoms with Crippen LogP contribution < -0.4 is 15.8 Å². The minimum atomic E-state index is -0.182. The highest BCUT2D eigenvalue weighted by molar-refractivity contribution is 6.05. The van der Waals surface area contributed by atoms with Crippen LogP contribution in [0.3, 0.4) is 0 Å². The van der Waals surface area contributed by atoms with Gasteiger partial charge in [-0.1, -0.05) is 13.0 Å².